The Kier molecular flexibility index (Phi) is 7.23. The van der Waals surface area contributed by atoms with Gasteiger partial charge >= 0.3 is 0 Å². The normalized spacial score (nSPS) is 16.3. The molecule has 0 N–H and O–H groups in total. The molecule has 0 spiro atoms. The molecule has 266 valence electrons. The summed E-state index contributed by atoms with van der Waals surface area (Å²) in [7, 11) is 0. The molecule has 0 radical (unpaired) electrons. The monoisotopic (exact) mass is 743 g/mol. The number of nitrogens with zero attached hydrogens (tertiary/aromatic N) is 3. The summed E-state index contributed by atoms with van der Waals surface area (Å²) in [5.74, 6) is 1.46. The smallest absolute Gasteiger partial charge is 0.160 e. The zero-order chi connectivity index (χ0) is 37.5. The van der Waals surface area contributed by atoms with E-state index in [-0.39, 0.29) is 0 Å². The number of pyridine rings is 1. The molecular weight excluding hydrogens is 711 g/mol. The van der Waals surface area contributed by atoms with Gasteiger partial charge < -0.3 is 0 Å². The molecule has 0 saturated carbocycles. The van der Waals surface area contributed by atoms with Crippen molar-refractivity contribution >= 4 is 54.6 Å². The first-order valence-corrected chi connectivity index (χ1v) is 20.3. The molecule has 6 aromatic carbocycles. The van der Waals surface area contributed by atoms with Crippen molar-refractivity contribution in [1.29, 1.82) is 0 Å². The second-order valence-corrected chi connectivity index (χ2v) is 16.1. The summed E-state index contributed by atoms with van der Waals surface area (Å²) < 4.78 is 2.48. The number of aromatic nitrogens is 3. The van der Waals surface area contributed by atoms with Gasteiger partial charge in [0.05, 0.1) is 27.3 Å². The van der Waals surface area contributed by atoms with Gasteiger partial charge in [0.2, 0.25) is 0 Å². The third-order valence-corrected chi connectivity index (χ3v) is 13.0. The summed E-state index contributed by atoms with van der Waals surface area (Å²) in [6.45, 7) is 0. The minimum atomic E-state index is 0.371. The van der Waals surface area contributed by atoms with E-state index in [1.165, 1.54) is 58.9 Å². The van der Waals surface area contributed by atoms with Crippen LogP contribution in [0, 0.1) is 5.92 Å². The molecule has 4 heteroatoms. The SMILES string of the molecule is C1=CC2C=Cc3c(-c4cccc(-c5cc(-c6ccccc6)nc(-c6ccc(-c7nc8ccccc8c8c7sc7ccccc78)cc6)n5)c4)ccc4c3C2C(=C1)C=C4. The maximum atomic E-state index is 5.27. The fourth-order valence-electron chi connectivity index (χ4n) is 9.13. The fourth-order valence-corrected chi connectivity index (χ4v) is 10.4. The molecule has 3 aliphatic carbocycles. The Balaban J connectivity index is 0.968. The van der Waals surface area contributed by atoms with Gasteiger partial charge in [0.1, 0.15) is 0 Å². The lowest BCUT2D eigenvalue weighted by atomic mass is 9.68. The molecular formula is C53H33N3S. The van der Waals surface area contributed by atoms with Gasteiger partial charge in [-0.1, -0.05) is 164 Å². The van der Waals surface area contributed by atoms with Gasteiger partial charge in [-0.3, -0.25) is 0 Å². The lowest BCUT2D eigenvalue weighted by Gasteiger charge is -2.35. The standard InChI is InChI=1S/C53H33N3S/c1-2-10-32(11-3-1)45-31-46(39-15-9-14-38(30-39)40-28-26-35-21-20-33-12-8-13-34-27-29-41(40)49(35)48(33)34)56-53(55-45)37-24-22-36(23-25-37)51-52-50(42-16-4-6-18-44(42)54-51)43-17-5-7-19-47(43)57-52/h1-31,34,48H. The van der Waals surface area contributed by atoms with Crippen LogP contribution in [0.25, 0.3) is 99.5 Å². The van der Waals surface area contributed by atoms with Crippen molar-refractivity contribution in [2.75, 3.05) is 0 Å². The van der Waals surface area contributed by atoms with Crippen molar-refractivity contribution < 1.29 is 0 Å². The molecule has 0 bridgehead atoms. The van der Waals surface area contributed by atoms with Crippen molar-refractivity contribution in [3.8, 4) is 56.3 Å². The van der Waals surface area contributed by atoms with E-state index in [0.29, 0.717) is 17.7 Å². The van der Waals surface area contributed by atoms with Crippen molar-refractivity contribution in [1.82, 2.24) is 15.0 Å². The highest BCUT2D eigenvalue weighted by atomic mass is 32.1. The first-order valence-electron chi connectivity index (χ1n) is 19.5. The van der Waals surface area contributed by atoms with Crippen LogP contribution in [0.5, 0.6) is 0 Å². The van der Waals surface area contributed by atoms with E-state index in [9.17, 15) is 0 Å². The average Bonchev–Trinajstić information content (AvgIpc) is 3.68. The largest absolute Gasteiger partial charge is 0.246 e. The van der Waals surface area contributed by atoms with E-state index in [0.717, 1.165) is 44.9 Å². The lowest BCUT2D eigenvalue weighted by Crippen LogP contribution is -2.21. The lowest BCUT2D eigenvalue weighted by molar-refractivity contribution is 0.665. The van der Waals surface area contributed by atoms with Crippen molar-refractivity contribution in [2.24, 2.45) is 5.92 Å². The molecule has 12 rings (SSSR count). The first-order chi connectivity index (χ1) is 28.2. The highest BCUT2D eigenvalue weighted by Crippen LogP contribution is 2.49. The number of benzene rings is 6. The summed E-state index contributed by atoms with van der Waals surface area (Å²) in [5, 5.41) is 3.74. The average molecular weight is 744 g/mol. The van der Waals surface area contributed by atoms with Crippen LogP contribution >= 0.6 is 11.3 Å². The number of rotatable bonds is 5. The molecule has 0 fully saturated rings. The van der Waals surface area contributed by atoms with Gasteiger partial charge in [-0.2, -0.15) is 0 Å². The van der Waals surface area contributed by atoms with E-state index in [4.69, 9.17) is 15.0 Å². The number of hydrogen-bond donors (Lipinski definition) is 0. The Morgan fingerprint density at radius 3 is 2.18 bits per heavy atom. The second kappa shape index (κ2) is 12.8. The van der Waals surface area contributed by atoms with Gasteiger partial charge in [0, 0.05) is 54.9 Å². The van der Waals surface area contributed by atoms with Crippen molar-refractivity contribution in [3.05, 3.63) is 198 Å². The summed E-state index contributed by atoms with van der Waals surface area (Å²) in [5.41, 5.74) is 15.8. The number of thiophene rings is 1. The van der Waals surface area contributed by atoms with Crippen LogP contribution in [0.2, 0.25) is 0 Å². The maximum Gasteiger partial charge on any atom is 0.160 e. The van der Waals surface area contributed by atoms with Crippen LogP contribution in [-0.2, 0) is 0 Å². The Bertz CT molecular complexity index is 3240. The molecule has 3 aromatic heterocycles. The van der Waals surface area contributed by atoms with Crippen LogP contribution < -0.4 is 0 Å². The van der Waals surface area contributed by atoms with Crippen LogP contribution in [-0.4, -0.2) is 15.0 Å². The molecule has 2 atom stereocenters. The maximum absolute atomic E-state index is 5.27. The molecule has 0 aliphatic heterocycles. The molecule has 3 nitrogen and oxygen atoms in total. The Morgan fingerprint density at radius 2 is 1.28 bits per heavy atom. The number of hydrogen-bond acceptors (Lipinski definition) is 4. The number of allylic oxidation sites excluding steroid dienone is 6. The van der Waals surface area contributed by atoms with Gasteiger partial charge in [-0.25, -0.2) is 15.0 Å². The van der Waals surface area contributed by atoms with Gasteiger partial charge in [-0.05, 0) is 57.7 Å². The third-order valence-electron chi connectivity index (χ3n) is 11.8. The zero-order valence-corrected chi connectivity index (χ0v) is 31.6. The van der Waals surface area contributed by atoms with E-state index in [1.807, 2.05) is 17.4 Å². The summed E-state index contributed by atoms with van der Waals surface area (Å²) in [6, 6.07) is 51.7. The highest BCUT2D eigenvalue weighted by Gasteiger charge is 2.33. The van der Waals surface area contributed by atoms with Crippen molar-refractivity contribution in [2.45, 2.75) is 5.92 Å². The molecule has 3 aliphatic rings. The summed E-state index contributed by atoms with van der Waals surface area (Å²) in [4.78, 5) is 15.7. The van der Waals surface area contributed by atoms with Crippen LogP contribution in [0.15, 0.2) is 182 Å². The minimum absolute atomic E-state index is 0.371. The second-order valence-electron chi connectivity index (χ2n) is 15.1. The van der Waals surface area contributed by atoms with Crippen LogP contribution in [0.1, 0.15) is 22.6 Å². The predicted molar refractivity (Wildman–Crippen MR) is 239 cm³/mol. The molecule has 0 saturated heterocycles. The van der Waals surface area contributed by atoms with Gasteiger partial charge in [-0.15, -0.1) is 11.3 Å². The Hall–Kier alpha value is -7.01. The number of fused-ring (bicyclic) bond motifs is 5. The minimum Gasteiger partial charge on any atom is -0.246 e. The topological polar surface area (TPSA) is 38.7 Å². The molecule has 57 heavy (non-hydrogen) atoms. The highest BCUT2D eigenvalue weighted by molar-refractivity contribution is 7.26. The van der Waals surface area contributed by atoms with Crippen LogP contribution in [0.4, 0.5) is 0 Å². The van der Waals surface area contributed by atoms with Crippen molar-refractivity contribution in [3.63, 3.8) is 0 Å². The van der Waals surface area contributed by atoms with Gasteiger partial charge in [0.25, 0.3) is 0 Å². The molecule has 3 heterocycles. The molecule has 2 unspecified atom stereocenters. The Morgan fingerprint density at radius 1 is 0.526 bits per heavy atom. The number of para-hydroxylation sites is 1. The van der Waals surface area contributed by atoms with E-state index >= 15 is 0 Å². The zero-order valence-electron chi connectivity index (χ0n) is 30.8. The quantitative estimate of drug-likeness (QED) is 0.176. The molecule has 9 aromatic rings. The van der Waals surface area contributed by atoms with E-state index < -0.39 is 0 Å². The predicted octanol–water partition coefficient (Wildman–Crippen LogP) is 14.0. The third kappa shape index (κ3) is 5.22. The van der Waals surface area contributed by atoms with E-state index in [2.05, 4.69) is 182 Å². The summed E-state index contributed by atoms with van der Waals surface area (Å²) in [6.07, 6.45) is 16.1. The molecule has 0 amide bonds. The summed E-state index contributed by atoms with van der Waals surface area (Å²) >= 11 is 1.81. The van der Waals surface area contributed by atoms with E-state index in [1.54, 1.807) is 0 Å². The fraction of sp³-hybridized carbons (Fsp3) is 0.0377. The van der Waals surface area contributed by atoms with Gasteiger partial charge in [0.15, 0.2) is 5.82 Å². The van der Waals surface area contributed by atoms with Crippen LogP contribution in [0.3, 0.4) is 0 Å². The Labute approximate surface area is 334 Å². The first kappa shape index (κ1) is 32.3.